The van der Waals surface area contributed by atoms with Gasteiger partial charge in [0.1, 0.15) is 16.9 Å². The number of amides is 2. The number of carboxylic acid groups (broad SMARTS) is 1. The molecule has 4 rings (SSSR count). The molecular weight excluding hydrogens is 377 g/mol. The van der Waals surface area contributed by atoms with Crippen LogP contribution in [0.2, 0.25) is 0 Å². The van der Waals surface area contributed by atoms with Crippen LogP contribution in [0.1, 0.15) is 19.4 Å². The molecule has 1 saturated carbocycles. The second-order valence-corrected chi connectivity index (χ2v) is 7.52. The Labute approximate surface area is 165 Å². The number of nitrogens with one attached hydrogen (secondary N) is 2. The van der Waals surface area contributed by atoms with E-state index in [1.165, 1.54) is 12.1 Å². The largest absolute Gasteiger partial charge is 0.479 e. The molecule has 1 aliphatic carbocycles. The van der Waals surface area contributed by atoms with Gasteiger partial charge in [-0.2, -0.15) is 0 Å². The number of benzene rings is 2. The molecular formula is C21H20FN3O4. The first-order chi connectivity index (χ1) is 13.7. The van der Waals surface area contributed by atoms with Crippen molar-refractivity contribution in [1.82, 2.24) is 10.3 Å². The van der Waals surface area contributed by atoms with Crippen molar-refractivity contribution >= 4 is 28.8 Å². The van der Waals surface area contributed by atoms with Gasteiger partial charge in [0.2, 0.25) is 5.89 Å². The van der Waals surface area contributed by atoms with Gasteiger partial charge in [0, 0.05) is 5.56 Å². The van der Waals surface area contributed by atoms with Crippen molar-refractivity contribution in [2.24, 2.45) is 11.8 Å². The van der Waals surface area contributed by atoms with Crippen LogP contribution >= 0.6 is 0 Å². The topological polar surface area (TPSA) is 104 Å². The molecule has 7 nitrogen and oxygen atoms in total. The smallest absolute Gasteiger partial charge is 0.330 e. The highest BCUT2D eigenvalue weighted by atomic mass is 19.1. The van der Waals surface area contributed by atoms with Gasteiger partial charge in [-0.05, 0) is 54.7 Å². The second kappa shape index (κ2) is 6.58. The van der Waals surface area contributed by atoms with Crippen LogP contribution in [-0.2, 0) is 4.79 Å². The summed E-state index contributed by atoms with van der Waals surface area (Å²) in [4.78, 5) is 28.1. The van der Waals surface area contributed by atoms with Crippen molar-refractivity contribution in [2.75, 3.05) is 5.32 Å². The Morgan fingerprint density at radius 2 is 1.90 bits per heavy atom. The van der Waals surface area contributed by atoms with Crippen LogP contribution < -0.4 is 10.6 Å². The van der Waals surface area contributed by atoms with Gasteiger partial charge in [0.05, 0.1) is 5.69 Å². The summed E-state index contributed by atoms with van der Waals surface area (Å²) in [5, 5.41) is 14.3. The minimum absolute atomic E-state index is 0.0697. The maximum Gasteiger partial charge on any atom is 0.330 e. The molecule has 0 aliphatic heterocycles. The highest BCUT2D eigenvalue weighted by molar-refractivity contribution is 5.96. The first kappa shape index (κ1) is 18.9. The molecule has 8 heteroatoms. The number of carboxylic acids is 1. The molecule has 0 saturated heterocycles. The number of urea groups is 1. The van der Waals surface area contributed by atoms with Crippen LogP contribution in [0.15, 0.2) is 40.8 Å². The van der Waals surface area contributed by atoms with Crippen molar-refractivity contribution in [3.8, 4) is 11.5 Å². The molecule has 0 bridgehead atoms. The van der Waals surface area contributed by atoms with E-state index in [-0.39, 0.29) is 23.4 Å². The first-order valence-corrected chi connectivity index (χ1v) is 9.22. The lowest BCUT2D eigenvalue weighted by atomic mass is 10.2. The maximum absolute atomic E-state index is 14.5. The van der Waals surface area contributed by atoms with E-state index in [0.717, 1.165) is 5.56 Å². The highest BCUT2D eigenvalue weighted by Crippen LogP contribution is 2.50. The molecule has 29 heavy (non-hydrogen) atoms. The van der Waals surface area contributed by atoms with E-state index in [2.05, 4.69) is 15.6 Å². The monoisotopic (exact) mass is 397 g/mol. The summed E-state index contributed by atoms with van der Waals surface area (Å²) in [6.07, 6.45) is 0. The number of oxazole rings is 1. The van der Waals surface area contributed by atoms with Gasteiger partial charge >= 0.3 is 12.0 Å². The lowest BCUT2D eigenvalue weighted by Crippen LogP contribution is -2.47. The molecule has 2 unspecified atom stereocenters. The molecule has 1 fully saturated rings. The average molecular weight is 397 g/mol. The van der Waals surface area contributed by atoms with Crippen molar-refractivity contribution < 1.29 is 23.5 Å². The van der Waals surface area contributed by atoms with Gasteiger partial charge in [-0.3, -0.25) is 0 Å². The van der Waals surface area contributed by atoms with E-state index in [1.54, 1.807) is 26.0 Å². The van der Waals surface area contributed by atoms with Crippen molar-refractivity contribution in [1.29, 1.82) is 0 Å². The number of anilines is 1. The van der Waals surface area contributed by atoms with Gasteiger partial charge in [-0.15, -0.1) is 0 Å². The van der Waals surface area contributed by atoms with Crippen molar-refractivity contribution in [2.45, 2.75) is 26.3 Å². The molecule has 3 atom stereocenters. The number of fused-ring (bicyclic) bond motifs is 1. The van der Waals surface area contributed by atoms with Gasteiger partial charge in [-0.1, -0.05) is 19.9 Å². The number of aromatic nitrogens is 1. The first-order valence-electron chi connectivity index (χ1n) is 9.22. The number of aryl methyl sites for hydroxylation is 1. The fourth-order valence-electron chi connectivity index (χ4n) is 3.70. The number of halogens is 1. The summed E-state index contributed by atoms with van der Waals surface area (Å²) in [5.74, 6) is -1.93. The molecule has 1 aliphatic rings. The fourth-order valence-corrected chi connectivity index (χ4v) is 3.70. The maximum atomic E-state index is 14.5. The Bertz CT molecular complexity index is 1130. The second-order valence-electron chi connectivity index (χ2n) is 7.52. The Balaban J connectivity index is 1.53. The zero-order chi connectivity index (χ0) is 20.9. The molecule has 1 heterocycles. The standard InChI is InChI=1S/C21H20FN3O4/c1-10-4-7-17-16(8-10)23-18(29-17)13-5-6-15(14(22)9-13)24-20(28)25-21(19(26)27)11(2)12(21)3/h4-9,11-12H,1-3H3,(H,26,27)(H2,24,25,28)/t11-,12?,21?/m1/s1. The molecule has 0 radical (unpaired) electrons. The van der Waals surface area contributed by atoms with Crippen molar-refractivity contribution in [3.63, 3.8) is 0 Å². The van der Waals surface area contributed by atoms with Crippen LogP contribution in [0, 0.1) is 24.6 Å². The fraction of sp³-hybridized carbons (Fsp3) is 0.286. The number of carbonyl (C=O) groups is 2. The number of hydrogen-bond donors (Lipinski definition) is 3. The predicted octanol–water partition coefficient (Wildman–Crippen LogP) is 4.17. The minimum atomic E-state index is -1.32. The summed E-state index contributed by atoms with van der Waals surface area (Å²) in [6, 6.07) is 8.97. The van der Waals surface area contributed by atoms with Crippen LogP contribution in [0.25, 0.3) is 22.6 Å². The molecule has 2 aromatic carbocycles. The molecule has 3 N–H and O–H groups in total. The zero-order valence-corrected chi connectivity index (χ0v) is 16.1. The Kier molecular flexibility index (Phi) is 4.29. The molecule has 0 spiro atoms. The van der Waals surface area contributed by atoms with Crippen LogP contribution in [0.5, 0.6) is 0 Å². The van der Waals surface area contributed by atoms with E-state index in [9.17, 15) is 19.1 Å². The summed E-state index contributed by atoms with van der Waals surface area (Å²) >= 11 is 0. The van der Waals surface area contributed by atoms with Gasteiger partial charge in [0.25, 0.3) is 0 Å². The van der Waals surface area contributed by atoms with Crippen LogP contribution in [0.3, 0.4) is 0 Å². The highest BCUT2D eigenvalue weighted by Gasteiger charge is 2.66. The van der Waals surface area contributed by atoms with Gasteiger partial charge in [0.15, 0.2) is 5.58 Å². The Hall–Kier alpha value is -3.42. The zero-order valence-electron chi connectivity index (χ0n) is 16.1. The van der Waals surface area contributed by atoms with Crippen LogP contribution in [0.4, 0.5) is 14.9 Å². The lowest BCUT2D eigenvalue weighted by molar-refractivity contribution is -0.141. The SMILES string of the molecule is Cc1ccc2oc(-c3ccc(NC(=O)NC4(C(=O)O)C(C)[C@H]4C)c(F)c3)nc2c1. The molecule has 2 amide bonds. The summed E-state index contributed by atoms with van der Waals surface area (Å²) in [7, 11) is 0. The normalized spacial score (nSPS) is 23.0. The average Bonchev–Trinajstić information content (AvgIpc) is 3.02. The third-order valence-electron chi connectivity index (χ3n) is 5.76. The van der Waals surface area contributed by atoms with E-state index in [4.69, 9.17) is 4.42 Å². The third-order valence-corrected chi connectivity index (χ3v) is 5.76. The van der Waals surface area contributed by atoms with E-state index in [0.29, 0.717) is 16.7 Å². The molecule has 1 aromatic heterocycles. The Morgan fingerprint density at radius 1 is 1.17 bits per heavy atom. The number of hydrogen-bond acceptors (Lipinski definition) is 4. The number of aliphatic carboxylic acids is 1. The van der Waals surface area contributed by atoms with Crippen LogP contribution in [-0.4, -0.2) is 27.6 Å². The van der Waals surface area contributed by atoms with E-state index >= 15 is 0 Å². The summed E-state index contributed by atoms with van der Waals surface area (Å²) < 4.78 is 20.2. The number of carbonyl (C=O) groups excluding carboxylic acids is 1. The lowest BCUT2D eigenvalue weighted by Gasteiger charge is -2.16. The number of nitrogens with zero attached hydrogens (tertiary/aromatic N) is 1. The third kappa shape index (κ3) is 3.10. The summed E-state index contributed by atoms with van der Waals surface area (Å²) in [6.45, 7) is 5.43. The summed E-state index contributed by atoms with van der Waals surface area (Å²) in [5.41, 5.74) is 1.34. The van der Waals surface area contributed by atoms with Gasteiger partial charge < -0.3 is 20.2 Å². The van der Waals surface area contributed by atoms with Gasteiger partial charge in [-0.25, -0.2) is 19.0 Å². The van der Waals surface area contributed by atoms with E-state index in [1.807, 2.05) is 19.1 Å². The minimum Gasteiger partial charge on any atom is -0.479 e. The quantitative estimate of drug-likeness (QED) is 0.613. The molecule has 3 aromatic rings. The Morgan fingerprint density at radius 3 is 2.52 bits per heavy atom. The predicted molar refractivity (Wildman–Crippen MR) is 105 cm³/mol. The van der Waals surface area contributed by atoms with Crippen molar-refractivity contribution in [3.05, 3.63) is 47.8 Å². The number of rotatable bonds is 4. The molecule has 150 valence electrons. The van der Waals surface area contributed by atoms with E-state index < -0.39 is 23.4 Å².